The van der Waals surface area contributed by atoms with Crippen LogP contribution in [0.5, 0.6) is 0 Å². The lowest BCUT2D eigenvalue weighted by Gasteiger charge is -2.22. The molecule has 6 heteroatoms. The van der Waals surface area contributed by atoms with Crippen LogP contribution in [0.3, 0.4) is 0 Å². The van der Waals surface area contributed by atoms with E-state index in [4.69, 9.17) is 10.2 Å². The van der Waals surface area contributed by atoms with Gasteiger partial charge in [-0.15, -0.1) is 0 Å². The first-order chi connectivity index (χ1) is 10.4. The fourth-order valence-corrected chi connectivity index (χ4v) is 1.88. The van der Waals surface area contributed by atoms with Gasteiger partial charge in [-0.1, -0.05) is 24.3 Å². The lowest BCUT2D eigenvalue weighted by molar-refractivity contribution is -0.134. The van der Waals surface area contributed by atoms with E-state index in [1.807, 2.05) is 12.1 Å². The zero-order chi connectivity index (χ0) is 16.5. The van der Waals surface area contributed by atoms with Crippen LogP contribution in [0.2, 0.25) is 0 Å². The Kier molecular flexibility index (Phi) is 6.98. The first-order valence-electron chi connectivity index (χ1n) is 6.66. The SMILES string of the molecule is CN1CC=C(c2ccccc2F)CC1.O=C(O)C=CC(=O)O. The van der Waals surface area contributed by atoms with E-state index in [1.54, 1.807) is 6.07 Å². The third-order valence-corrected chi connectivity index (χ3v) is 3.00. The molecule has 0 radical (unpaired) electrons. The average molecular weight is 307 g/mol. The molecule has 1 aromatic rings. The number of carbonyl (C=O) groups is 2. The van der Waals surface area contributed by atoms with Gasteiger partial charge >= 0.3 is 11.9 Å². The number of benzene rings is 1. The molecule has 0 bridgehead atoms. The molecule has 1 heterocycles. The first-order valence-corrected chi connectivity index (χ1v) is 6.66. The molecule has 1 aliphatic rings. The van der Waals surface area contributed by atoms with Crippen molar-refractivity contribution >= 4 is 17.5 Å². The van der Waals surface area contributed by atoms with Gasteiger partial charge in [0.25, 0.3) is 0 Å². The molecule has 0 spiro atoms. The number of aliphatic carboxylic acids is 2. The van der Waals surface area contributed by atoms with Gasteiger partial charge in [0.05, 0.1) is 0 Å². The highest BCUT2D eigenvalue weighted by atomic mass is 19.1. The van der Waals surface area contributed by atoms with Gasteiger partial charge < -0.3 is 15.1 Å². The van der Waals surface area contributed by atoms with Gasteiger partial charge in [0.15, 0.2) is 0 Å². The molecule has 5 nitrogen and oxygen atoms in total. The summed E-state index contributed by atoms with van der Waals surface area (Å²) in [6.45, 7) is 1.93. The van der Waals surface area contributed by atoms with Gasteiger partial charge in [0.1, 0.15) is 5.82 Å². The molecule has 2 rings (SSSR count). The highest BCUT2D eigenvalue weighted by Gasteiger charge is 2.11. The molecule has 0 unspecified atom stereocenters. The predicted octanol–water partition coefficient (Wildman–Crippen LogP) is 2.26. The summed E-state index contributed by atoms with van der Waals surface area (Å²) in [5, 5.41) is 15.6. The van der Waals surface area contributed by atoms with E-state index in [0.29, 0.717) is 12.2 Å². The Morgan fingerprint density at radius 3 is 2.23 bits per heavy atom. The second-order valence-corrected chi connectivity index (χ2v) is 4.73. The Morgan fingerprint density at radius 2 is 1.77 bits per heavy atom. The smallest absolute Gasteiger partial charge is 0.328 e. The van der Waals surface area contributed by atoms with E-state index >= 15 is 0 Å². The van der Waals surface area contributed by atoms with Crippen molar-refractivity contribution < 1.29 is 24.2 Å². The van der Waals surface area contributed by atoms with Crippen LogP contribution in [0.4, 0.5) is 4.39 Å². The largest absolute Gasteiger partial charge is 0.478 e. The normalized spacial score (nSPS) is 14.9. The Hall–Kier alpha value is -2.47. The molecule has 1 aliphatic heterocycles. The molecule has 118 valence electrons. The fraction of sp³-hybridized carbons (Fsp3) is 0.250. The Morgan fingerprint density at radius 1 is 1.18 bits per heavy atom. The quantitative estimate of drug-likeness (QED) is 0.838. The van der Waals surface area contributed by atoms with Crippen LogP contribution in [0.1, 0.15) is 12.0 Å². The number of carboxylic acids is 2. The van der Waals surface area contributed by atoms with Crippen molar-refractivity contribution in [3.63, 3.8) is 0 Å². The molecule has 0 aromatic heterocycles. The molecule has 2 N–H and O–H groups in total. The summed E-state index contributed by atoms with van der Waals surface area (Å²) in [5.41, 5.74) is 1.90. The standard InChI is InChI=1S/C12H14FN.C4H4O4/c1-14-8-6-10(7-9-14)11-4-2-3-5-12(11)13;5-3(6)1-2-4(7)8/h2-6H,7-9H2,1H3;1-2H,(H,5,6)(H,7,8). The van der Waals surface area contributed by atoms with E-state index in [9.17, 15) is 14.0 Å². The Balaban J connectivity index is 0.000000261. The first kappa shape index (κ1) is 17.6. The molecule has 0 amide bonds. The molecule has 0 atom stereocenters. The monoisotopic (exact) mass is 307 g/mol. The number of rotatable bonds is 3. The van der Waals surface area contributed by atoms with Gasteiger partial charge in [-0.05, 0) is 25.1 Å². The third-order valence-electron chi connectivity index (χ3n) is 3.00. The minimum Gasteiger partial charge on any atom is -0.478 e. The summed E-state index contributed by atoms with van der Waals surface area (Å²) >= 11 is 0. The summed E-state index contributed by atoms with van der Waals surface area (Å²) in [4.78, 5) is 21.3. The van der Waals surface area contributed by atoms with Gasteiger partial charge in [-0.2, -0.15) is 0 Å². The fourth-order valence-electron chi connectivity index (χ4n) is 1.88. The maximum atomic E-state index is 13.4. The van der Waals surface area contributed by atoms with Gasteiger partial charge in [-0.25, -0.2) is 14.0 Å². The summed E-state index contributed by atoms with van der Waals surface area (Å²) in [5.74, 6) is -2.62. The van der Waals surface area contributed by atoms with Crippen LogP contribution < -0.4 is 0 Å². The van der Waals surface area contributed by atoms with Crippen molar-refractivity contribution in [3.05, 3.63) is 53.9 Å². The van der Waals surface area contributed by atoms with Gasteiger partial charge in [0.2, 0.25) is 0 Å². The lowest BCUT2D eigenvalue weighted by atomic mass is 9.99. The molecule has 1 aromatic carbocycles. The Bertz CT molecular complexity index is 580. The second kappa shape index (κ2) is 8.74. The molecule has 22 heavy (non-hydrogen) atoms. The maximum Gasteiger partial charge on any atom is 0.328 e. The zero-order valence-corrected chi connectivity index (χ0v) is 12.2. The van der Waals surface area contributed by atoms with Crippen molar-refractivity contribution in [2.75, 3.05) is 20.1 Å². The Labute approximate surface area is 128 Å². The van der Waals surface area contributed by atoms with E-state index in [-0.39, 0.29) is 5.82 Å². The number of hydrogen-bond acceptors (Lipinski definition) is 3. The number of nitrogens with zero attached hydrogens (tertiary/aromatic N) is 1. The van der Waals surface area contributed by atoms with Crippen LogP contribution >= 0.6 is 0 Å². The zero-order valence-electron chi connectivity index (χ0n) is 12.2. The van der Waals surface area contributed by atoms with Gasteiger partial charge in [0, 0.05) is 30.8 Å². The molecular formula is C16H18FNO4. The summed E-state index contributed by atoms with van der Waals surface area (Å²) < 4.78 is 13.4. The van der Waals surface area contributed by atoms with Crippen molar-refractivity contribution in [3.8, 4) is 0 Å². The molecule has 0 saturated carbocycles. The predicted molar refractivity (Wildman–Crippen MR) is 80.9 cm³/mol. The van der Waals surface area contributed by atoms with Crippen LogP contribution in [-0.4, -0.2) is 47.2 Å². The van der Waals surface area contributed by atoms with Crippen molar-refractivity contribution in [2.24, 2.45) is 0 Å². The lowest BCUT2D eigenvalue weighted by Crippen LogP contribution is -2.23. The summed E-state index contributed by atoms with van der Waals surface area (Å²) in [6, 6.07) is 6.99. The highest BCUT2D eigenvalue weighted by molar-refractivity contribution is 5.89. The minimum absolute atomic E-state index is 0.108. The average Bonchev–Trinajstić information content (AvgIpc) is 2.47. The molecular weight excluding hydrogens is 289 g/mol. The summed E-state index contributed by atoms with van der Waals surface area (Å²) in [6.07, 6.45) is 4.17. The van der Waals surface area contributed by atoms with Crippen LogP contribution in [0.25, 0.3) is 5.57 Å². The van der Waals surface area contributed by atoms with Gasteiger partial charge in [-0.3, -0.25) is 0 Å². The minimum atomic E-state index is -1.26. The van der Waals surface area contributed by atoms with E-state index in [2.05, 4.69) is 18.0 Å². The third kappa shape index (κ3) is 6.32. The number of hydrogen-bond donors (Lipinski definition) is 2. The van der Waals surface area contributed by atoms with E-state index in [1.165, 1.54) is 6.07 Å². The maximum absolute atomic E-state index is 13.4. The second-order valence-electron chi connectivity index (χ2n) is 4.73. The number of carboxylic acid groups (broad SMARTS) is 2. The molecule has 0 saturated heterocycles. The van der Waals surface area contributed by atoms with Crippen molar-refractivity contribution in [1.82, 2.24) is 4.90 Å². The van der Waals surface area contributed by atoms with Crippen LogP contribution in [0.15, 0.2) is 42.5 Å². The van der Waals surface area contributed by atoms with Crippen molar-refractivity contribution in [2.45, 2.75) is 6.42 Å². The van der Waals surface area contributed by atoms with E-state index < -0.39 is 11.9 Å². The molecule has 0 fully saturated rings. The van der Waals surface area contributed by atoms with Crippen LogP contribution in [0, 0.1) is 5.82 Å². The topological polar surface area (TPSA) is 77.8 Å². The molecule has 0 aliphatic carbocycles. The number of likely N-dealkylation sites (N-methyl/N-ethyl adjacent to an activating group) is 1. The number of halogens is 1. The van der Waals surface area contributed by atoms with Crippen molar-refractivity contribution in [1.29, 1.82) is 0 Å². The summed E-state index contributed by atoms with van der Waals surface area (Å²) in [7, 11) is 2.08. The van der Waals surface area contributed by atoms with Crippen LogP contribution in [-0.2, 0) is 9.59 Å². The highest BCUT2D eigenvalue weighted by Crippen LogP contribution is 2.23. The van der Waals surface area contributed by atoms with E-state index in [0.717, 1.165) is 30.6 Å².